The van der Waals surface area contributed by atoms with E-state index in [0.29, 0.717) is 6.42 Å². The molecule has 0 spiro atoms. The maximum atomic E-state index is 11.6. The van der Waals surface area contributed by atoms with Crippen LogP contribution in [0, 0.1) is 11.8 Å². The minimum absolute atomic E-state index is 0.186. The molecule has 1 amide bonds. The molecule has 4 heteroatoms. The van der Waals surface area contributed by atoms with E-state index in [1.807, 2.05) is 0 Å². The number of methoxy groups -OCH3 is 1. The number of nitrogens with one attached hydrogen (secondary N) is 1. The normalized spacial score (nSPS) is 23.2. The number of piperidine rings is 1. The smallest absolute Gasteiger partial charge is 0.219 e. The van der Waals surface area contributed by atoms with Crippen LogP contribution in [0.3, 0.4) is 0 Å². The molecule has 1 saturated heterocycles. The molecule has 0 aromatic rings. The van der Waals surface area contributed by atoms with Crippen LogP contribution in [-0.2, 0) is 9.53 Å². The number of carbonyl (C=O) groups excluding carboxylic acids is 1. The Morgan fingerprint density at radius 1 is 1.14 bits per heavy atom. The first-order valence-corrected chi connectivity index (χ1v) is 8.59. The molecule has 0 aromatic heterocycles. The predicted octanol–water partition coefficient (Wildman–Crippen LogP) is 2.68. The maximum absolute atomic E-state index is 11.6. The first-order valence-electron chi connectivity index (χ1n) is 8.59. The third-order valence-corrected chi connectivity index (χ3v) is 4.17. The Morgan fingerprint density at radius 3 is 2.52 bits per heavy atom. The highest BCUT2D eigenvalue weighted by atomic mass is 16.5. The molecule has 0 unspecified atom stereocenters. The zero-order valence-corrected chi connectivity index (χ0v) is 14.2. The molecule has 1 fully saturated rings. The number of likely N-dealkylation sites (tertiary alicyclic amines) is 1. The summed E-state index contributed by atoms with van der Waals surface area (Å²) in [6, 6.07) is 0. The summed E-state index contributed by atoms with van der Waals surface area (Å²) in [5.41, 5.74) is 0. The zero-order valence-electron chi connectivity index (χ0n) is 14.2. The van der Waals surface area contributed by atoms with E-state index in [1.54, 1.807) is 7.11 Å². The van der Waals surface area contributed by atoms with Crippen molar-refractivity contribution < 1.29 is 9.53 Å². The van der Waals surface area contributed by atoms with Crippen LogP contribution in [0.25, 0.3) is 0 Å². The van der Waals surface area contributed by atoms with E-state index in [4.69, 9.17) is 4.74 Å². The van der Waals surface area contributed by atoms with Crippen molar-refractivity contribution in [1.29, 1.82) is 0 Å². The van der Waals surface area contributed by atoms with Crippen LogP contribution in [0.15, 0.2) is 0 Å². The number of unbranched alkanes of at least 4 members (excludes halogenated alkanes) is 2. The fourth-order valence-electron chi connectivity index (χ4n) is 3.28. The first kappa shape index (κ1) is 18.4. The van der Waals surface area contributed by atoms with Crippen LogP contribution in [0.4, 0.5) is 0 Å². The summed E-state index contributed by atoms with van der Waals surface area (Å²) in [7, 11) is 1.70. The Balaban J connectivity index is 1.95. The number of hydrogen-bond acceptors (Lipinski definition) is 3. The van der Waals surface area contributed by atoms with Crippen molar-refractivity contribution in [3.05, 3.63) is 0 Å². The summed E-state index contributed by atoms with van der Waals surface area (Å²) >= 11 is 0. The van der Waals surface area contributed by atoms with Gasteiger partial charge in [-0.1, -0.05) is 13.8 Å². The molecule has 1 rings (SSSR count). The summed E-state index contributed by atoms with van der Waals surface area (Å²) in [4.78, 5) is 14.2. The fourth-order valence-corrected chi connectivity index (χ4v) is 3.28. The molecule has 0 radical (unpaired) electrons. The van der Waals surface area contributed by atoms with E-state index in [9.17, 15) is 4.79 Å². The first-order chi connectivity index (χ1) is 10.1. The minimum atomic E-state index is 0.186. The number of ether oxygens (including phenoxy) is 1. The molecule has 0 aliphatic carbocycles. The van der Waals surface area contributed by atoms with Gasteiger partial charge in [0.15, 0.2) is 0 Å². The lowest BCUT2D eigenvalue weighted by Crippen LogP contribution is -2.39. The van der Waals surface area contributed by atoms with Crippen LogP contribution in [0.5, 0.6) is 0 Å². The summed E-state index contributed by atoms with van der Waals surface area (Å²) in [5.74, 6) is 1.85. The average Bonchev–Trinajstić information content (AvgIpc) is 2.42. The van der Waals surface area contributed by atoms with Gasteiger partial charge in [-0.05, 0) is 50.5 Å². The van der Waals surface area contributed by atoms with Crippen LogP contribution in [-0.4, -0.2) is 50.7 Å². The van der Waals surface area contributed by atoms with Crippen LogP contribution < -0.4 is 5.32 Å². The van der Waals surface area contributed by atoms with Crippen molar-refractivity contribution in [2.24, 2.45) is 11.8 Å². The van der Waals surface area contributed by atoms with Gasteiger partial charge in [-0.3, -0.25) is 4.79 Å². The van der Waals surface area contributed by atoms with Crippen molar-refractivity contribution in [2.75, 3.05) is 39.9 Å². The largest absolute Gasteiger partial charge is 0.385 e. The van der Waals surface area contributed by atoms with Gasteiger partial charge in [-0.2, -0.15) is 0 Å². The predicted molar refractivity (Wildman–Crippen MR) is 87.4 cm³/mol. The average molecular weight is 298 g/mol. The number of hydrogen-bond donors (Lipinski definition) is 1. The monoisotopic (exact) mass is 298 g/mol. The van der Waals surface area contributed by atoms with Gasteiger partial charge in [-0.15, -0.1) is 0 Å². The van der Waals surface area contributed by atoms with Crippen molar-refractivity contribution in [3.63, 3.8) is 0 Å². The van der Waals surface area contributed by atoms with Crippen LogP contribution in [0.2, 0.25) is 0 Å². The number of carbonyl (C=O) groups is 1. The highest BCUT2D eigenvalue weighted by Gasteiger charge is 2.20. The third kappa shape index (κ3) is 9.10. The lowest BCUT2D eigenvalue weighted by atomic mass is 9.92. The third-order valence-electron chi connectivity index (χ3n) is 4.17. The van der Waals surface area contributed by atoms with E-state index < -0.39 is 0 Å². The molecule has 0 saturated carbocycles. The second-order valence-corrected chi connectivity index (χ2v) is 6.71. The maximum Gasteiger partial charge on any atom is 0.219 e. The Bertz CT molecular complexity index is 274. The van der Waals surface area contributed by atoms with Gasteiger partial charge < -0.3 is 15.0 Å². The lowest BCUT2D eigenvalue weighted by Gasteiger charge is -2.34. The molecular weight excluding hydrogens is 264 g/mol. The number of nitrogens with zero attached hydrogens (tertiary/aromatic N) is 1. The molecular formula is C17H34N2O2. The summed E-state index contributed by atoms with van der Waals surface area (Å²) in [6.45, 7) is 9.95. The SMILES string of the molecule is COCCCCC(=O)NCCCCN1C[C@H](C)C[C@H](C)C1. The summed E-state index contributed by atoms with van der Waals surface area (Å²) < 4.78 is 4.97. The van der Waals surface area contributed by atoms with E-state index in [1.165, 1.54) is 32.5 Å². The van der Waals surface area contributed by atoms with Gasteiger partial charge in [-0.25, -0.2) is 0 Å². The van der Waals surface area contributed by atoms with Gasteiger partial charge in [0.1, 0.15) is 0 Å². The highest BCUT2D eigenvalue weighted by Crippen LogP contribution is 2.20. The molecule has 0 aromatic carbocycles. The summed E-state index contributed by atoms with van der Waals surface area (Å²) in [6.07, 6.45) is 6.16. The standard InChI is InChI=1S/C17H34N2O2/c1-15-12-16(2)14-19(13-15)10-6-5-9-18-17(20)8-4-7-11-21-3/h15-16H,4-14H2,1-3H3,(H,18,20)/t15-,16+. The zero-order chi connectivity index (χ0) is 15.5. The van der Waals surface area contributed by atoms with E-state index in [0.717, 1.165) is 44.2 Å². The Morgan fingerprint density at radius 2 is 1.86 bits per heavy atom. The van der Waals surface area contributed by atoms with E-state index in [-0.39, 0.29) is 5.91 Å². The summed E-state index contributed by atoms with van der Waals surface area (Å²) in [5, 5.41) is 3.02. The van der Waals surface area contributed by atoms with Gasteiger partial charge >= 0.3 is 0 Å². The second-order valence-electron chi connectivity index (χ2n) is 6.71. The Labute approximate surface area is 130 Å². The van der Waals surface area contributed by atoms with Gasteiger partial charge in [0, 0.05) is 39.8 Å². The Kier molecular flexibility index (Phi) is 9.68. The Hall–Kier alpha value is -0.610. The molecule has 21 heavy (non-hydrogen) atoms. The van der Waals surface area contributed by atoms with Gasteiger partial charge in [0.2, 0.25) is 5.91 Å². The minimum Gasteiger partial charge on any atom is -0.385 e. The van der Waals surface area contributed by atoms with Crippen molar-refractivity contribution in [2.45, 2.75) is 52.4 Å². The second kappa shape index (κ2) is 11.0. The molecule has 1 aliphatic heterocycles. The highest BCUT2D eigenvalue weighted by molar-refractivity contribution is 5.75. The number of amides is 1. The molecule has 4 nitrogen and oxygen atoms in total. The topological polar surface area (TPSA) is 41.6 Å². The molecule has 124 valence electrons. The fraction of sp³-hybridized carbons (Fsp3) is 0.941. The van der Waals surface area contributed by atoms with Crippen LogP contribution >= 0.6 is 0 Å². The quantitative estimate of drug-likeness (QED) is 0.631. The van der Waals surface area contributed by atoms with Crippen molar-refractivity contribution in [3.8, 4) is 0 Å². The van der Waals surface area contributed by atoms with Crippen molar-refractivity contribution >= 4 is 5.91 Å². The number of rotatable bonds is 10. The molecule has 2 atom stereocenters. The molecule has 1 heterocycles. The molecule has 1 aliphatic rings. The lowest BCUT2D eigenvalue weighted by molar-refractivity contribution is -0.121. The molecule has 1 N–H and O–H groups in total. The van der Waals surface area contributed by atoms with E-state index >= 15 is 0 Å². The van der Waals surface area contributed by atoms with Crippen molar-refractivity contribution in [1.82, 2.24) is 10.2 Å². The van der Waals surface area contributed by atoms with E-state index in [2.05, 4.69) is 24.1 Å². The van der Waals surface area contributed by atoms with Gasteiger partial charge in [0.05, 0.1) is 0 Å². The van der Waals surface area contributed by atoms with Gasteiger partial charge in [0.25, 0.3) is 0 Å². The van der Waals surface area contributed by atoms with Crippen LogP contribution in [0.1, 0.15) is 52.4 Å². The molecule has 0 bridgehead atoms.